The fraction of sp³-hybridized carbons (Fsp3) is 0.625. The Bertz CT molecular complexity index is 472. The molecular formula is C16H24N2O2. The molecule has 4 nitrogen and oxygen atoms in total. The quantitative estimate of drug-likeness (QED) is 0.812. The number of nitrogens with zero attached hydrogens (tertiary/aromatic N) is 1. The van der Waals surface area contributed by atoms with Gasteiger partial charge in [-0.1, -0.05) is 6.92 Å². The van der Waals surface area contributed by atoms with E-state index in [1.807, 2.05) is 6.07 Å². The molecule has 0 saturated heterocycles. The van der Waals surface area contributed by atoms with Crippen LogP contribution in [0.4, 0.5) is 5.69 Å². The molecule has 0 spiro atoms. The number of anilines is 1. The van der Waals surface area contributed by atoms with Crippen molar-refractivity contribution in [1.82, 2.24) is 4.90 Å². The highest BCUT2D eigenvalue weighted by Gasteiger charge is 2.24. The second kappa shape index (κ2) is 5.92. The Labute approximate surface area is 120 Å². The summed E-state index contributed by atoms with van der Waals surface area (Å²) >= 11 is 0. The number of ether oxygens (including phenoxy) is 2. The molecule has 0 bridgehead atoms. The Kier molecular flexibility index (Phi) is 4.01. The van der Waals surface area contributed by atoms with Gasteiger partial charge in [0.05, 0.1) is 0 Å². The minimum absolute atomic E-state index is 0.607. The predicted molar refractivity (Wildman–Crippen MR) is 80.1 cm³/mol. The first-order valence-electron chi connectivity index (χ1n) is 7.66. The van der Waals surface area contributed by atoms with E-state index >= 15 is 0 Å². The van der Waals surface area contributed by atoms with Crippen LogP contribution < -0.4 is 15.2 Å². The Morgan fingerprint density at radius 3 is 2.55 bits per heavy atom. The second-order valence-electron chi connectivity index (χ2n) is 5.87. The van der Waals surface area contributed by atoms with E-state index in [1.165, 1.54) is 25.8 Å². The van der Waals surface area contributed by atoms with Crippen molar-refractivity contribution >= 4 is 5.69 Å². The predicted octanol–water partition coefficient (Wildman–Crippen LogP) is 2.66. The largest absolute Gasteiger partial charge is 0.486 e. The van der Waals surface area contributed by atoms with Crippen molar-refractivity contribution in [3.63, 3.8) is 0 Å². The molecular weight excluding hydrogens is 252 g/mol. The van der Waals surface area contributed by atoms with Crippen LogP contribution in [0.25, 0.3) is 0 Å². The second-order valence-corrected chi connectivity index (χ2v) is 5.87. The lowest BCUT2D eigenvalue weighted by atomic mass is 10.1. The lowest BCUT2D eigenvalue weighted by Gasteiger charge is -2.24. The Morgan fingerprint density at radius 1 is 1.20 bits per heavy atom. The van der Waals surface area contributed by atoms with Gasteiger partial charge >= 0.3 is 0 Å². The topological polar surface area (TPSA) is 47.7 Å². The third-order valence-corrected chi connectivity index (χ3v) is 3.95. The smallest absolute Gasteiger partial charge is 0.163 e. The van der Waals surface area contributed by atoms with E-state index in [0.29, 0.717) is 13.2 Å². The zero-order valence-corrected chi connectivity index (χ0v) is 12.2. The van der Waals surface area contributed by atoms with Gasteiger partial charge < -0.3 is 15.2 Å². The van der Waals surface area contributed by atoms with Crippen molar-refractivity contribution in [3.8, 4) is 11.5 Å². The maximum Gasteiger partial charge on any atom is 0.163 e. The van der Waals surface area contributed by atoms with Crippen molar-refractivity contribution in [2.45, 2.75) is 32.7 Å². The van der Waals surface area contributed by atoms with Gasteiger partial charge in [0.25, 0.3) is 0 Å². The van der Waals surface area contributed by atoms with Crippen LogP contribution in [-0.2, 0) is 6.54 Å². The van der Waals surface area contributed by atoms with Gasteiger partial charge in [-0.2, -0.15) is 0 Å². The minimum atomic E-state index is 0.607. The molecule has 1 aromatic rings. The van der Waals surface area contributed by atoms with Crippen LogP contribution in [0, 0.1) is 5.92 Å². The van der Waals surface area contributed by atoms with Crippen molar-refractivity contribution in [2.24, 2.45) is 5.92 Å². The fourth-order valence-corrected chi connectivity index (χ4v) is 2.74. The van der Waals surface area contributed by atoms with Crippen LogP contribution in [0.2, 0.25) is 0 Å². The molecule has 3 rings (SSSR count). The molecule has 1 aliphatic carbocycles. The van der Waals surface area contributed by atoms with Gasteiger partial charge in [-0.05, 0) is 43.4 Å². The van der Waals surface area contributed by atoms with Gasteiger partial charge in [0.15, 0.2) is 11.5 Å². The fourth-order valence-electron chi connectivity index (χ4n) is 2.74. The molecule has 20 heavy (non-hydrogen) atoms. The van der Waals surface area contributed by atoms with Crippen LogP contribution in [0.5, 0.6) is 11.5 Å². The first-order chi connectivity index (χ1) is 9.76. The van der Waals surface area contributed by atoms with E-state index < -0.39 is 0 Å². The molecule has 0 unspecified atom stereocenters. The van der Waals surface area contributed by atoms with Gasteiger partial charge in [-0.3, -0.25) is 4.90 Å². The normalized spacial score (nSPS) is 17.5. The molecule has 0 radical (unpaired) electrons. The molecule has 1 saturated carbocycles. The summed E-state index contributed by atoms with van der Waals surface area (Å²) in [5, 5.41) is 0. The lowest BCUT2D eigenvalue weighted by molar-refractivity contribution is 0.171. The SMILES string of the molecule is CCCN(Cc1cc2c(cc1N)OCCO2)CC1CC1. The molecule has 0 atom stereocenters. The number of rotatable bonds is 6. The van der Waals surface area contributed by atoms with E-state index in [9.17, 15) is 0 Å². The van der Waals surface area contributed by atoms with E-state index in [4.69, 9.17) is 15.2 Å². The summed E-state index contributed by atoms with van der Waals surface area (Å²) in [4.78, 5) is 2.51. The van der Waals surface area contributed by atoms with E-state index in [-0.39, 0.29) is 0 Å². The number of hydrogen-bond acceptors (Lipinski definition) is 4. The third kappa shape index (κ3) is 3.18. The summed E-state index contributed by atoms with van der Waals surface area (Å²) in [5.41, 5.74) is 8.14. The Balaban J connectivity index is 1.74. The minimum Gasteiger partial charge on any atom is -0.486 e. The van der Waals surface area contributed by atoms with E-state index in [2.05, 4.69) is 17.9 Å². The van der Waals surface area contributed by atoms with Crippen LogP contribution >= 0.6 is 0 Å². The zero-order valence-electron chi connectivity index (χ0n) is 12.2. The first kappa shape index (κ1) is 13.6. The molecule has 1 heterocycles. The van der Waals surface area contributed by atoms with Gasteiger partial charge in [-0.25, -0.2) is 0 Å². The van der Waals surface area contributed by atoms with Crippen LogP contribution in [0.3, 0.4) is 0 Å². The number of nitrogen functional groups attached to an aromatic ring is 1. The summed E-state index contributed by atoms with van der Waals surface area (Å²) < 4.78 is 11.2. The average Bonchev–Trinajstić information content (AvgIpc) is 3.24. The number of nitrogens with two attached hydrogens (primary N) is 1. The summed E-state index contributed by atoms with van der Waals surface area (Å²) in [6.45, 7) is 6.69. The van der Waals surface area contributed by atoms with Crippen molar-refractivity contribution in [2.75, 3.05) is 32.0 Å². The number of fused-ring (bicyclic) bond motifs is 1. The maximum absolute atomic E-state index is 6.17. The average molecular weight is 276 g/mol. The third-order valence-electron chi connectivity index (χ3n) is 3.95. The van der Waals surface area contributed by atoms with Gasteiger partial charge in [0, 0.05) is 24.8 Å². The molecule has 0 amide bonds. The molecule has 4 heteroatoms. The Morgan fingerprint density at radius 2 is 1.90 bits per heavy atom. The summed E-state index contributed by atoms with van der Waals surface area (Å²) in [6.07, 6.45) is 3.95. The van der Waals surface area contributed by atoms with Gasteiger partial charge in [0.1, 0.15) is 13.2 Å². The van der Waals surface area contributed by atoms with E-state index in [0.717, 1.165) is 41.8 Å². The molecule has 2 aliphatic rings. The molecule has 0 aromatic heterocycles. The summed E-state index contributed by atoms with van der Waals surface area (Å²) in [7, 11) is 0. The van der Waals surface area contributed by atoms with Crippen LogP contribution in [0.1, 0.15) is 31.7 Å². The maximum atomic E-state index is 6.17. The molecule has 1 aromatic carbocycles. The highest BCUT2D eigenvalue weighted by Crippen LogP contribution is 2.35. The summed E-state index contributed by atoms with van der Waals surface area (Å²) in [5.74, 6) is 2.52. The first-order valence-corrected chi connectivity index (χ1v) is 7.66. The van der Waals surface area contributed by atoms with Crippen LogP contribution in [-0.4, -0.2) is 31.2 Å². The van der Waals surface area contributed by atoms with Gasteiger partial charge in [-0.15, -0.1) is 0 Å². The molecule has 1 fully saturated rings. The highest BCUT2D eigenvalue weighted by molar-refractivity contribution is 5.58. The monoisotopic (exact) mass is 276 g/mol. The lowest BCUT2D eigenvalue weighted by Crippen LogP contribution is -2.27. The number of hydrogen-bond donors (Lipinski definition) is 1. The van der Waals surface area contributed by atoms with Crippen LogP contribution in [0.15, 0.2) is 12.1 Å². The number of benzene rings is 1. The summed E-state index contributed by atoms with van der Waals surface area (Å²) in [6, 6.07) is 3.96. The van der Waals surface area contributed by atoms with Crippen molar-refractivity contribution in [3.05, 3.63) is 17.7 Å². The Hall–Kier alpha value is -1.42. The van der Waals surface area contributed by atoms with Crippen molar-refractivity contribution < 1.29 is 9.47 Å². The van der Waals surface area contributed by atoms with Gasteiger partial charge in [0.2, 0.25) is 0 Å². The molecule has 2 N–H and O–H groups in total. The van der Waals surface area contributed by atoms with Crippen molar-refractivity contribution in [1.29, 1.82) is 0 Å². The zero-order chi connectivity index (χ0) is 13.9. The molecule has 1 aliphatic heterocycles. The standard InChI is InChI=1S/C16H24N2O2/c1-2-5-18(10-12-3-4-12)11-13-8-15-16(9-14(13)17)20-7-6-19-15/h8-9,12H,2-7,10-11,17H2,1H3. The van der Waals surface area contributed by atoms with E-state index in [1.54, 1.807) is 0 Å². The highest BCUT2D eigenvalue weighted by atomic mass is 16.6. The molecule has 110 valence electrons.